The maximum absolute atomic E-state index is 6.27. The van der Waals surface area contributed by atoms with Gasteiger partial charge in [-0.25, -0.2) is 9.97 Å². The number of aromatic nitrogens is 3. The normalized spacial score (nSPS) is 21.7. The molecule has 6 heteroatoms. The molecule has 2 heterocycles. The average molecular weight is 310 g/mol. The molecule has 0 bridgehead atoms. The molecule has 0 aromatic carbocycles. The Morgan fingerprint density at radius 1 is 1.38 bits per heavy atom. The minimum Gasteiger partial charge on any atom is -0.385 e. The number of nitrogens with one attached hydrogen (secondary N) is 1. The van der Waals surface area contributed by atoms with Crippen LogP contribution in [-0.4, -0.2) is 41.4 Å². The van der Waals surface area contributed by atoms with Gasteiger partial charge in [-0.3, -0.25) is 0 Å². The molecule has 21 heavy (non-hydrogen) atoms. The van der Waals surface area contributed by atoms with Gasteiger partial charge < -0.3 is 14.5 Å². The molecule has 1 atom stereocenters. The molecule has 3 rings (SSSR count). The van der Waals surface area contributed by atoms with E-state index in [-0.39, 0.29) is 5.60 Å². The Balaban J connectivity index is 1.94. The van der Waals surface area contributed by atoms with Gasteiger partial charge in [0, 0.05) is 32.9 Å². The highest BCUT2D eigenvalue weighted by molar-refractivity contribution is 6.34. The minimum absolute atomic E-state index is 0.139. The Labute approximate surface area is 129 Å². The second-order valence-corrected chi connectivity index (χ2v) is 5.99. The zero-order valence-corrected chi connectivity index (χ0v) is 13.2. The van der Waals surface area contributed by atoms with Crippen molar-refractivity contribution in [1.29, 1.82) is 0 Å². The number of methoxy groups -OCH3 is 2. The summed E-state index contributed by atoms with van der Waals surface area (Å²) >= 11 is 6.27. The summed E-state index contributed by atoms with van der Waals surface area (Å²) in [6.45, 7) is 0.760. The van der Waals surface area contributed by atoms with Crippen LogP contribution in [0.15, 0.2) is 6.33 Å². The summed E-state index contributed by atoms with van der Waals surface area (Å²) in [6.07, 6.45) is 6.26. The molecule has 2 aromatic heterocycles. The van der Waals surface area contributed by atoms with Crippen LogP contribution in [0.1, 0.15) is 30.5 Å². The molecule has 1 unspecified atom stereocenters. The highest BCUT2D eigenvalue weighted by Crippen LogP contribution is 2.39. The van der Waals surface area contributed by atoms with Gasteiger partial charge >= 0.3 is 0 Å². The van der Waals surface area contributed by atoms with Gasteiger partial charge in [0.25, 0.3) is 0 Å². The molecule has 0 aliphatic heterocycles. The summed E-state index contributed by atoms with van der Waals surface area (Å²) in [6, 6.07) is 0. The van der Waals surface area contributed by atoms with Crippen LogP contribution >= 0.6 is 11.6 Å². The van der Waals surface area contributed by atoms with Gasteiger partial charge in [0.1, 0.15) is 17.1 Å². The Morgan fingerprint density at radius 3 is 3.00 bits per heavy atom. The van der Waals surface area contributed by atoms with Crippen molar-refractivity contribution in [2.24, 2.45) is 0 Å². The number of ether oxygens (including phenoxy) is 2. The van der Waals surface area contributed by atoms with Crippen molar-refractivity contribution in [3.63, 3.8) is 0 Å². The molecular weight excluding hydrogens is 290 g/mol. The second-order valence-electron chi connectivity index (χ2n) is 5.63. The van der Waals surface area contributed by atoms with Crippen LogP contribution in [0.3, 0.4) is 0 Å². The predicted octanol–water partition coefficient (Wildman–Crippen LogP) is 2.91. The first-order valence-corrected chi connectivity index (χ1v) is 7.61. The van der Waals surface area contributed by atoms with E-state index in [4.69, 9.17) is 21.1 Å². The highest BCUT2D eigenvalue weighted by atomic mass is 35.5. The van der Waals surface area contributed by atoms with Gasteiger partial charge in [-0.1, -0.05) is 11.6 Å². The lowest BCUT2D eigenvalue weighted by Crippen LogP contribution is -2.38. The molecule has 2 aromatic rings. The molecule has 1 aliphatic rings. The third kappa shape index (κ3) is 2.65. The molecule has 0 amide bonds. The number of nitrogens with zero attached hydrogens (tertiary/aromatic N) is 2. The topological polar surface area (TPSA) is 60.0 Å². The number of halogens is 1. The lowest BCUT2D eigenvalue weighted by molar-refractivity contribution is -0.0331. The fourth-order valence-corrected chi connectivity index (χ4v) is 3.54. The molecular formula is C15H20ClN3O2. The number of H-pyrrole nitrogens is 1. The fraction of sp³-hybridized carbons (Fsp3) is 0.600. The van der Waals surface area contributed by atoms with Crippen LogP contribution in [0.5, 0.6) is 0 Å². The van der Waals surface area contributed by atoms with E-state index in [0.29, 0.717) is 5.15 Å². The average Bonchev–Trinajstić information content (AvgIpc) is 2.86. The molecule has 1 N–H and O–H groups in total. The van der Waals surface area contributed by atoms with Crippen LogP contribution in [0.4, 0.5) is 0 Å². The summed E-state index contributed by atoms with van der Waals surface area (Å²) in [7, 11) is 3.53. The van der Waals surface area contributed by atoms with E-state index in [1.807, 2.05) is 0 Å². The number of hydrogen-bond donors (Lipinski definition) is 1. The molecule has 0 radical (unpaired) electrons. The zero-order valence-electron chi connectivity index (χ0n) is 12.4. The molecule has 0 saturated heterocycles. The van der Waals surface area contributed by atoms with E-state index in [2.05, 4.69) is 15.0 Å². The summed E-state index contributed by atoms with van der Waals surface area (Å²) < 4.78 is 11.1. The van der Waals surface area contributed by atoms with E-state index < -0.39 is 0 Å². The lowest BCUT2D eigenvalue weighted by atomic mass is 9.79. The van der Waals surface area contributed by atoms with Crippen LogP contribution in [0.2, 0.25) is 5.15 Å². The first kappa shape index (κ1) is 14.8. The summed E-state index contributed by atoms with van der Waals surface area (Å²) in [5.41, 5.74) is 3.11. The summed E-state index contributed by atoms with van der Waals surface area (Å²) in [5, 5.41) is 1.46. The first-order chi connectivity index (χ1) is 10.2. The standard InChI is InChI=1S/C15H20ClN3O2/c1-20-7-3-5-15(21-2)6-4-11-10(8-15)12-13(16)17-9-18-14(12)19-11/h9H,3-8H2,1-2H3,(H,17,18,19). The van der Waals surface area contributed by atoms with Crippen LogP contribution in [0.25, 0.3) is 11.0 Å². The summed E-state index contributed by atoms with van der Waals surface area (Å²) in [4.78, 5) is 11.8. The van der Waals surface area contributed by atoms with Gasteiger partial charge in [0.15, 0.2) is 0 Å². The van der Waals surface area contributed by atoms with Crippen LogP contribution < -0.4 is 0 Å². The van der Waals surface area contributed by atoms with Crippen molar-refractivity contribution in [3.05, 3.63) is 22.7 Å². The van der Waals surface area contributed by atoms with Gasteiger partial charge in [0.05, 0.1) is 11.0 Å². The number of fused-ring (bicyclic) bond motifs is 3. The largest absolute Gasteiger partial charge is 0.385 e. The highest BCUT2D eigenvalue weighted by Gasteiger charge is 2.36. The van der Waals surface area contributed by atoms with E-state index in [1.165, 1.54) is 17.6 Å². The quantitative estimate of drug-likeness (QED) is 0.681. The molecule has 114 valence electrons. The fourth-order valence-electron chi connectivity index (χ4n) is 3.30. The first-order valence-electron chi connectivity index (χ1n) is 7.23. The predicted molar refractivity (Wildman–Crippen MR) is 81.8 cm³/mol. The van der Waals surface area contributed by atoms with Gasteiger partial charge in [0.2, 0.25) is 0 Å². The van der Waals surface area contributed by atoms with Gasteiger partial charge in [-0.15, -0.1) is 0 Å². The molecule has 1 aliphatic carbocycles. The van der Waals surface area contributed by atoms with Gasteiger partial charge in [-0.05, 0) is 31.2 Å². The number of hydrogen-bond acceptors (Lipinski definition) is 4. The van der Waals surface area contributed by atoms with Crippen molar-refractivity contribution in [2.75, 3.05) is 20.8 Å². The lowest BCUT2D eigenvalue weighted by Gasteiger charge is -2.36. The minimum atomic E-state index is -0.139. The van der Waals surface area contributed by atoms with Crippen molar-refractivity contribution >= 4 is 22.6 Å². The Kier molecular flexibility index (Phi) is 4.15. The zero-order chi connectivity index (χ0) is 14.9. The van der Waals surface area contributed by atoms with E-state index >= 15 is 0 Å². The number of aryl methyl sites for hydroxylation is 1. The van der Waals surface area contributed by atoms with Crippen molar-refractivity contribution in [3.8, 4) is 0 Å². The second kappa shape index (κ2) is 5.91. The monoisotopic (exact) mass is 309 g/mol. The molecule has 0 fully saturated rings. The van der Waals surface area contributed by atoms with E-state index in [0.717, 1.165) is 49.7 Å². The Hall–Kier alpha value is -1.17. The van der Waals surface area contributed by atoms with Crippen LogP contribution in [0, 0.1) is 0 Å². The van der Waals surface area contributed by atoms with E-state index in [9.17, 15) is 0 Å². The van der Waals surface area contributed by atoms with E-state index in [1.54, 1.807) is 14.2 Å². The SMILES string of the molecule is COCCCC1(OC)CCc2[nH]c3ncnc(Cl)c3c2C1. The molecule has 5 nitrogen and oxygen atoms in total. The third-order valence-corrected chi connectivity index (χ3v) is 4.77. The number of rotatable bonds is 5. The smallest absolute Gasteiger partial charge is 0.142 e. The van der Waals surface area contributed by atoms with Crippen molar-refractivity contribution in [1.82, 2.24) is 15.0 Å². The van der Waals surface area contributed by atoms with Crippen LogP contribution in [-0.2, 0) is 22.3 Å². The van der Waals surface area contributed by atoms with Crippen molar-refractivity contribution < 1.29 is 9.47 Å². The maximum atomic E-state index is 6.27. The Bertz CT molecular complexity index is 643. The molecule has 0 spiro atoms. The van der Waals surface area contributed by atoms with Crippen molar-refractivity contribution in [2.45, 2.75) is 37.7 Å². The molecule has 0 saturated carbocycles. The van der Waals surface area contributed by atoms with Gasteiger partial charge in [-0.2, -0.15) is 0 Å². The number of aromatic amines is 1. The summed E-state index contributed by atoms with van der Waals surface area (Å²) in [5.74, 6) is 0. The maximum Gasteiger partial charge on any atom is 0.142 e. The third-order valence-electron chi connectivity index (χ3n) is 4.48. The Morgan fingerprint density at radius 2 is 2.24 bits per heavy atom.